The molecule has 4 nitrogen and oxygen atoms in total. The highest BCUT2D eigenvalue weighted by atomic mass is 79.9. The summed E-state index contributed by atoms with van der Waals surface area (Å²) < 4.78 is 0.872. The van der Waals surface area contributed by atoms with Gasteiger partial charge in [-0.15, -0.1) is 0 Å². The smallest absolute Gasteiger partial charge is 0.238 e. The number of para-hydroxylation sites is 1. The molecule has 2 N–H and O–H groups in total. The zero-order valence-electron chi connectivity index (χ0n) is 11.9. The number of aryl methyl sites for hydroxylation is 1. The van der Waals surface area contributed by atoms with Gasteiger partial charge in [-0.25, -0.2) is 0 Å². The first-order valence-electron chi connectivity index (χ1n) is 6.88. The Labute approximate surface area is 133 Å². The number of nitrogens with zero attached hydrogens (tertiary/aromatic N) is 1. The summed E-state index contributed by atoms with van der Waals surface area (Å²) in [6, 6.07) is 11.5. The molecule has 21 heavy (non-hydrogen) atoms. The fourth-order valence-corrected chi connectivity index (χ4v) is 2.39. The van der Waals surface area contributed by atoms with Crippen LogP contribution < -0.4 is 10.6 Å². The molecule has 1 heterocycles. The van der Waals surface area contributed by atoms with E-state index in [4.69, 9.17) is 0 Å². The summed E-state index contributed by atoms with van der Waals surface area (Å²) >= 11 is 3.40. The lowest BCUT2D eigenvalue weighted by Gasteiger charge is -2.09. The van der Waals surface area contributed by atoms with Crippen LogP contribution in [0.1, 0.15) is 18.2 Å². The second-order valence-electron chi connectivity index (χ2n) is 4.59. The number of nitrogens with one attached hydrogen (secondary N) is 2. The van der Waals surface area contributed by atoms with Crippen LogP contribution in [0, 0.1) is 0 Å². The minimum atomic E-state index is -0.0733. The SMILES string of the molecule is CCc1cccnc1CNCC(=O)Nc1ccccc1Br. The molecule has 2 rings (SSSR count). The van der Waals surface area contributed by atoms with Gasteiger partial charge in [0.05, 0.1) is 17.9 Å². The maximum absolute atomic E-state index is 11.9. The van der Waals surface area contributed by atoms with Crippen molar-refractivity contribution in [2.24, 2.45) is 0 Å². The van der Waals surface area contributed by atoms with Gasteiger partial charge in [-0.05, 0) is 46.1 Å². The second kappa shape index (κ2) is 7.90. The maximum Gasteiger partial charge on any atom is 0.238 e. The van der Waals surface area contributed by atoms with Gasteiger partial charge in [0.15, 0.2) is 0 Å². The summed E-state index contributed by atoms with van der Waals surface area (Å²) in [4.78, 5) is 16.2. The third-order valence-corrected chi connectivity index (χ3v) is 3.78. The summed E-state index contributed by atoms with van der Waals surface area (Å²) in [7, 11) is 0. The molecule has 1 aromatic carbocycles. The van der Waals surface area contributed by atoms with Crippen LogP contribution in [-0.4, -0.2) is 17.4 Å². The largest absolute Gasteiger partial charge is 0.324 e. The highest BCUT2D eigenvalue weighted by molar-refractivity contribution is 9.10. The van der Waals surface area contributed by atoms with Crippen LogP contribution in [0.3, 0.4) is 0 Å². The van der Waals surface area contributed by atoms with Crippen LogP contribution >= 0.6 is 15.9 Å². The highest BCUT2D eigenvalue weighted by Crippen LogP contribution is 2.20. The molecule has 0 aliphatic rings. The van der Waals surface area contributed by atoms with E-state index >= 15 is 0 Å². The Morgan fingerprint density at radius 3 is 2.81 bits per heavy atom. The monoisotopic (exact) mass is 347 g/mol. The Hall–Kier alpha value is -1.72. The third kappa shape index (κ3) is 4.65. The molecule has 0 saturated heterocycles. The molecule has 2 aromatic rings. The Kier molecular flexibility index (Phi) is 5.90. The number of amides is 1. The second-order valence-corrected chi connectivity index (χ2v) is 5.45. The molecule has 1 aromatic heterocycles. The zero-order valence-corrected chi connectivity index (χ0v) is 13.5. The van der Waals surface area contributed by atoms with E-state index < -0.39 is 0 Å². The van der Waals surface area contributed by atoms with Gasteiger partial charge in [0.2, 0.25) is 5.91 Å². The Morgan fingerprint density at radius 1 is 1.24 bits per heavy atom. The molecule has 0 atom stereocenters. The predicted molar refractivity (Wildman–Crippen MR) is 88.1 cm³/mol. The van der Waals surface area contributed by atoms with E-state index in [0.717, 1.165) is 22.3 Å². The van der Waals surface area contributed by atoms with E-state index in [1.165, 1.54) is 5.56 Å². The van der Waals surface area contributed by atoms with Crippen molar-refractivity contribution in [3.05, 3.63) is 58.3 Å². The Morgan fingerprint density at radius 2 is 2.05 bits per heavy atom. The molecular formula is C16H18BrN3O. The summed E-state index contributed by atoms with van der Waals surface area (Å²) in [6.07, 6.45) is 2.71. The van der Waals surface area contributed by atoms with Crippen molar-refractivity contribution in [1.29, 1.82) is 0 Å². The first kappa shape index (κ1) is 15.7. The normalized spacial score (nSPS) is 10.4. The number of carbonyl (C=O) groups excluding carboxylic acids is 1. The predicted octanol–water partition coefficient (Wildman–Crippen LogP) is 3.13. The van der Waals surface area contributed by atoms with Crippen LogP contribution in [0.2, 0.25) is 0 Å². The van der Waals surface area contributed by atoms with Gasteiger partial charge >= 0.3 is 0 Å². The lowest BCUT2D eigenvalue weighted by atomic mass is 10.1. The van der Waals surface area contributed by atoms with Crippen molar-refractivity contribution < 1.29 is 4.79 Å². The van der Waals surface area contributed by atoms with Crippen LogP contribution in [0.4, 0.5) is 5.69 Å². The average Bonchev–Trinajstić information content (AvgIpc) is 2.50. The van der Waals surface area contributed by atoms with Crippen molar-refractivity contribution in [3.63, 3.8) is 0 Å². The summed E-state index contributed by atoms with van der Waals surface area (Å²) in [5, 5.41) is 5.98. The number of carbonyl (C=O) groups is 1. The number of halogens is 1. The van der Waals surface area contributed by atoms with Gasteiger partial charge in [0.1, 0.15) is 0 Å². The van der Waals surface area contributed by atoms with E-state index in [2.05, 4.69) is 44.5 Å². The average molecular weight is 348 g/mol. The van der Waals surface area contributed by atoms with Crippen molar-refractivity contribution in [1.82, 2.24) is 10.3 Å². The van der Waals surface area contributed by atoms with E-state index in [9.17, 15) is 4.79 Å². The van der Waals surface area contributed by atoms with E-state index in [0.29, 0.717) is 6.54 Å². The molecule has 0 fully saturated rings. The molecule has 110 valence electrons. The molecular weight excluding hydrogens is 330 g/mol. The third-order valence-electron chi connectivity index (χ3n) is 3.09. The fraction of sp³-hybridized carbons (Fsp3) is 0.250. The molecule has 0 radical (unpaired) electrons. The Balaban J connectivity index is 1.83. The van der Waals surface area contributed by atoms with Gasteiger partial charge in [-0.3, -0.25) is 9.78 Å². The molecule has 0 unspecified atom stereocenters. The van der Waals surface area contributed by atoms with Gasteiger partial charge in [-0.1, -0.05) is 25.1 Å². The lowest BCUT2D eigenvalue weighted by molar-refractivity contribution is -0.115. The number of aromatic nitrogens is 1. The molecule has 0 aliphatic carbocycles. The van der Waals surface area contributed by atoms with Crippen LogP contribution in [0.25, 0.3) is 0 Å². The highest BCUT2D eigenvalue weighted by Gasteiger charge is 2.06. The number of hydrogen-bond acceptors (Lipinski definition) is 3. The molecule has 0 aliphatic heterocycles. The van der Waals surface area contributed by atoms with E-state index in [-0.39, 0.29) is 12.5 Å². The van der Waals surface area contributed by atoms with Gasteiger partial charge < -0.3 is 10.6 Å². The van der Waals surface area contributed by atoms with Gasteiger partial charge in [-0.2, -0.15) is 0 Å². The van der Waals surface area contributed by atoms with Crippen molar-refractivity contribution >= 4 is 27.5 Å². The lowest BCUT2D eigenvalue weighted by Crippen LogP contribution is -2.28. The number of rotatable bonds is 6. The molecule has 0 saturated carbocycles. The Bertz CT molecular complexity index is 616. The molecule has 0 bridgehead atoms. The first-order valence-corrected chi connectivity index (χ1v) is 7.68. The van der Waals surface area contributed by atoms with Gasteiger partial charge in [0.25, 0.3) is 0 Å². The number of anilines is 1. The van der Waals surface area contributed by atoms with Crippen molar-refractivity contribution in [2.45, 2.75) is 19.9 Å². The van der Waals surface area contributed by atoms with Crippen LogP contribution in [0.5, 0.6) is 0 Å². The topological polar surface area (TPSA) is 54.0 Å². The van der Waals surface area contributed by atoms with E-state index in [1.54, 1.807) is 6.20 Å². The first-order chi connectivity index (χ1) is 10.2. The summed E-state index contributed by atoms with van der Waals surface area (Å²) in [6.45, 7) is 2.94. The van der Waals surface area contributed by atoms with Crippen molar-refractivity contribution in [3.8, 4) is 0 Å². The molecule has 1 amide bonds. The van der Waals surface area contributed by atoms with Crippen LogP contribution in [0.15, 0.2) is 47.1 Å². The van der Waals surface area contributed by atoms with Crippen LogP contribution in [-0.2, 0) is 17.8 Å². The number of hydrogen-bond donors (Lipinski definition) is 2. The minimum Gasteiger partial charge on any atom is -0.324 e. The maximum atomic E-state index is 11.9. The fourth-order valence-electron chi connectivity index (χ4n) is 2.00. The molecule has 5 heteroatoms. The number of benzene rings is 1. The summed E-state index contributed by atoms with van der Waals surface area (Å²) in [5.74, 6) is -0.0733. The minimum absolute atomic E-state index is 0.0733. The quantitative estimate of drug-likeness (QED) is 0.843. The van der Waals surface area contributed by atoms with Crippen molar-refractivity contribution in [2.75, 3.05) is 11.9 Å². The standard InChI is InChI=1S/C16H18BrN3O/c1-2-12-6-5-9-19-15(12)10-18-11-16(21)20-14-8-4-3-7-13(14)17/h3-9,18H,2,10-11H2,1H3,(H,20,21). The van der Waals surface area contributed by atoms with Gasteiger partial charge in [0, 0.05) is 17.2 Å². The summed E-state index contributed by atoms with van der Waals surface area (Å²) in [5.41, 5.74) is 2.97. The zero-order chi connectivity index (χ0) is 15.1. The molecule has 0 spiro atoms. The van der Waals surface area contributed by atoms with E-state index in [1.807, 2.05) is 30.3 Å². The number of pyridine rings is 1.